The summed E-state index contributed by atoms with van der Waals surface area (Å²) in [6.45, 7) is 1.62. The molecule has 3 aromatic rings. The molecular weight excluding hydrogens is 426 g/mol. The third-order valence-corrected chi connectivity index (χ3v) is 4.60. The van der Waals surface area contributed by atoms with Crippen LogP contribution >= 0.6 is 0 Å². The van der Waals surface area contributed by atoms with Crippen molar-refractivity contribution in [3.05, 3.63) is 66.2 Å². The molecule has 0 radical (unpaired) electrons. The predicted octanol–water partition coefficient (Wildman–Crippen LogP) is 3.79. The second kappa shape index (κ2) is 11.3. The Kier molecular flexibility index (Phi) is 7.99. The van der Waals surface area contributed by atoms with Gasteiger partial charge in [-0.25, -0.2) is 14.6 Å². The first-order chi connectivity index (χ1) is 16.0. The number of carbonyl (C=O) groups excluding carboxylic acids is 2. The molecule has 3 amide bonds. The number of aliphatic hydroxyl groups is 1. The highest BCUT2D eigenvalue weighted by molar-refractivity contribution is 6.00. The van der Waals surface area contributed by atoms with Crippen LogP contribution in [0.2, 0.25) is 0 Å². The van der Waals surface area contributed by atoms with Crippen molar-refractivity contribution in [2.24, 2.45) is 0 Å². The molecule has 0 fully saturated rings. The molecule has 0 aliphatic heterocycles. The van der Waals surface area contributed by atoms with Crippen LogP contribution in [-0.2, 0) is 11.3 Å². The van der Waals surface area contributed by atoms with Crippen LogP contribution in [0.5, 0.6) is 0 Å². The van der Waals surface area contributed by atoms with E-state index in [1.54, 1.807) is 36.5 Å². The zero-order chi connectivity index (χ0) is 23.6. The SMILES string of the molecule is Cc1cc(NC(=O)Nc2cccc(CNC(=O)O[C@H](CO)CC#N)c2)ccc1-c1cnco1. The fourth-order valence-corrected chi connectivity index (χ4v) is 3.03. The predicted molar refractivity (Wildman–Crippen MR) is 120 cm³/mol. The van der Waals surface area contributed by atoms with Crippen molar-refractivity contribution in [2.75, 3.05) is 17.2 Å². The number of ether oxygens (including phenoxy) is 1. The topological polar surface area (TPSA) is 150 Å². The van der Waals surface area contributed by atoms with E-state index in [-0.39, 0.29) is 13.0 Å². The van der Waals surface area contributed by atoms with E-state index in [2.05, 4.69) is 20.9 Å². The number of aryl methyl sites for hydroxylation is 1. The number of rotatable bonds is 8. The van der Waals surface area contributed by atoms with Crippen LogP contribution in [0, 0.1) is 18.3 Å². The summed E-state index contributed by atoms with van der Waals surface area (Å²) in [7, 11) is 0. The standard InChI is InChI=1S/C23H23N5O5/c1-15-9-18(5-6-20(15)21-12-25-14-32-21)28-22(30)27-17-4-2-3-16(10-17)11-26-23(31)33-19(13-29)7-8-24/h2-6,9-10,12,14,19,29H,7,11,13H2,1H3,(H,26,31)(H2,27,28,30)/t19-/m0/s1. The average molecular weight is 449 g/mol. The lowest BCUT2D eigenvalue weighted by molar-refractivity contribution is 0.0600. The molecule has 33 heavy (non-hydrogen) atoms. The van der Waals surface area contributed by atoms with Crippen molar-refractivity contribution in [1.82, 2.24) is 10.3 Å². The number of aliphatic hydroxyl groups excluding tert-OH is 1. The number of hydrogen-bond donors (Lipinski definition) is 4. The molecule has 1 aromatic heterocycles. The summed E-state index contributed by atoms with van der Waals surface area (Å²) in [6, 6.07) is 13.8. The van der Waals surface area contributed by atoms with Crippen LogP contribution in [0.4, 0.5) is 21.0 Å². The minimum Gasteiger partial charge on any atom is -0.444 e. The van der Waals surface area contributed by atoms with Gasteiger partial charge in [-0.15, -0.1) is 0 Å². The number of nitriles is 1. The molecule has 0 spiro atoms. The quantitative estimate of drug-likeness (QED) is 0.408. The molecule has 0 bridgehead atoms. The molecule has 1 heterocycles. The highest BCUT2D eigenvalue weighted by atomic mass is 16.6. The van der Waals surface area contributed by atoms with Crippen molar-refractivity contribution in [3.63, 3.8) is 0 Å². The Bertz CT molecular complexity index is 1140. The molecule has 10 heteroatoms. The van der Waals surface area contributed by atoms with Gasteiger partial charge in [0.2, 0.25) is 0 Å². The lowest BCUT2D eigenvalue weighted by atomic mass is 10.1. The average Bonchev–Trinajstić information content (AvgIpc) is 3.32. The van der Waals surface area contributed by atoms with E-state index in [1.807, 2.05) is 25.1 Å². The molecular formula is C23H23N5O5. The summed E-state index contributed by atoms with van der Waals surface area (Å²) in [4.78, 5) is 28.1. The van der Waals surface area contributed by atoms with E-state index < -0.39 is 24.8 Å². The van der Waals surface area contributed by atoms with Gasteiger partial charge < -0.3 is 30.2 Å². The van der Waals surface area contributed by atoms with E-state index in [0.717, 1.165) is 16.7 Å². The molecule has 0 unspecified atom stereocenters. The van der Waals surface area contributed by atoms with Gasteiger partial charge in [0.1, 0.15) is 6.10 Å². The number of carbonyl (C=O) groups is 2. The normalized spacial score (nSPS) is 11.2. The molecule has 0 aliphatic carbocycles. The summed E-state index contributed by atoms with van der Waals surface area (Å²) < 4.78 is 10.3. The maximum Gasteiger partial charge on any atom is 0.407 e. The maximum atomic E-state index is 12.4. The number of oxazole rings is 1. The van der Waals surface area contributed by atoms with E-state index in [4.69, 9.17) is 19.5 Å². The highest BCUT2D eigenvalue weighted by Gasteiger charge is 2.13. The lowest BCUT2D eigenvalue weighted by Crippen LogP contribution is -2.30. The number of hydrogen-bond acceptors (Lipinski definition) is 7. The molecule has 0 aliphatic rings. The number of benzene rings is 2. The molecule has 10 nitrogen and oxygen atoms in total. The molecule has 4 N–H and O–H groups in total. The largest absolute Gasteiger partial charge is 0.444 e. The fraction of sp³-hybridized carbons (Fsp3) is 0.217. The van der Waals surface area contributed by atoms with Gasteiger partial charge in [0.05, 0.1) is 25.3 Å². The third kappa shape index (κ3) is 6.81. The van der Waals surface area contributed by atoms with Crippen LogP contribution in [0.1, 0.15) is 17.5 Å². The van der Waals surface area contributed by atoms with Gasteiger partial charge in [-0.2, -0.15) is 5.26 Å². The monoisotopic (exact) mass is 449 g/mol. The van der Waals surface area contributed by atoms with Crippen LogP contribution in [0.3, 0.4) is 0 Å². The highest BCUT2D eigenvalue weighted by Crippen LogP contribution is 2.25. The van der Waals surface area contributed by atoms with Gasteiger partial charge in [0.15, 0.2) is 12.2 Å². The number of nitrogens with one attached hydrogen (secondary N) is 3. The van der Waals surface area contributed by atoms with Gasteiger partial charge >= 0.3 is 12.1 Å². The maximum absolute atomic E-state index is 12.4. The number of aromatic nitrogens is 1. The van der Waals surface area contributed by atoms with Gasteiger partial charge in [0.25, 0.3) is 0 Å². The summed E-state index contributed by atoms with van der Waals surface area (Å²) in [6.07, 6.45) is 1.27. The Morgan fingerprint density at radius 2 is 2.00 bits per heavy atom. The number of amides is 3. The number of urea groups is 1. The zero-order valence-electron chi connectivity index (χ0n) is 17.9. The molecule has 170 valence electrons. The van der Waals surface area contributed by atoms with Crippen molar-refractivity contribution in [3.8, 4) is 17.4 Å². The Hall–Kier alpha value is -4.36. The molecule has 0 saturated carbocycles. The first-order valence-electron chi connectivity index (χ1n) is 10.1. The van der Waals surface area contributed by atoms with Crippen LogP contribution in [0.25, 0.3) is 11.3 Å². The molecule has 2 aromatic carbocycles. The molecule has 0 saturated heterocycles. The van der Waals surface area contributed by atoms with E-state index in [0.29, 0.717) is 17.1 Å². The lowest BCUT2D eigenvalue weighted by Gasteiger charge is -2.13. The summed E-state index contributed by atoms with van der Waals surface area (Å²) >= 11 is 0. The summed E-state index contributed by atoms with van der Waals surface area (Å²) in [5.41, 5.74) is 3.67. The number of alkyl carbamates (subject to hydrolysis) is 1. The van der Waals surface area contributed by atoms with E-state index in [9.17, 15) is 9.59 Å². The van der Waals surface area contributed by atoms with Crippen molar-refractivity contribution >= 4 is 23.5 Å². The van der Waals surface area contributed by atoms with Gasteiger partial charge in [-0.3, -0.25) is 0 Å². The smallest absolute Gasteiger partial charge is 0.407 e. The van der Waals surface area contributed by atoms with Crippen molar-refractivity contribution < 1.29 is 23.8 Å². The second-order valence-electron chi connectivity index (χ2n) is 7.10. The van der Waals surface area contributed by atoms with E-state index >= 15 is 0 Å². The minimum atomic E-state index is -0.875. The second-order valence-corrected chi connectivity index (χ2v) is 7.10. The Morgan fingerprint density at radius 1 is 1.21 bits per heavy atom. The van der Waals surface area contributed by atoms with Crippen molar-refractivity contribution in [2.45, 2.75) is 26.0 Å². The minimum absolute atomic E-state index is 0.0965. The van der Waals surface area contributed by atoms with Gasteiger partial charge in [-0.1, -0.05) is 12.1 Å². The zero-order valence-corrected chi connectivity index (χ0v) is 17.9. The van der Waals surface area contributed by atoms with Crippen LogP contribution in [0.15, 0.2) is 59.5 Å². The Morgan fingerprint density at radius 3 is 2.67 bits per heavy atom. The first-order valence-corrected chi connectivity index (χ1v) is 10.1. The van der Waals surface area contributed by atoms with E-state index in [1.165, 1.54) is 6.39 Å². The van der Waals surface area contributed by atoms with Crippen LogP contribution in [-0.4, -0.2) is 34.9 Å². The molecule has 3 rings (SSSR count). The van der Waals surface area contributed by atoms with Crippen LogP contribution < -0.4 is 16.0 Å². The van der Waals surface area contributed by atoms with Gasteiger partial charge in [0, 0.05) is 23.5 Å². The van der Waals surface area contributed by atoms with Crippen molar-refractivity contribution in [1.29, 1.82) is 5.26 Å². The Labute approximate surface area is 190 Å². The summed E-state index contributed by atoms with van der Waals surface area (Å²) in [5, 5.41) is 25.8. The fourth-order valence-electron chi connectivity index (χ4n) is 3.03. The van der Waals surface area contributed by atoms with Gasteiger partial charge in [-0.05, 0) is 48.4 Å². The number of anilines is 2. The summed E-state index contributed by atoms with van der Waals surface area (Å²) in [5.74, 6) is 0.648. The Balaban J connectivity index is 1.53. The number of nitrogens with zero attached hydrogens (tertiary/aromatic N) is 2. The molecule has 1 atom stereocenters. The first kappa shape index (κ1) is 23.3. The third-order valence-electron chi connectivity index (χ3n) is 4.60.